The highest BCUT2D eigenvalue weighted by molar-refractivity contribution is 5.85. The fraction of sp³-hybridized carbons (Fsp3) is 0.407. The maximum absolute atomic E-state index is 5.80. The molecule has 0 spiro atoms. The molecule has 4 aliphatic carbocycles. The number of rotatable bonds is 4. The lowest BCUT2D eigenvalue weighted by molar-refractivity contribution is 0.0591. The van der Waals surface area contributed by atoms with E-state index in [1.165, 1.54) is 44.5 Å². The van der Waals surface area contributed by atoms with Crippen LogP contribution in [-0.2, 0) is 16.2 Å². The molecule has 286 valence electrons. The first-order valence-electron chi connectivity index (χ1n) is 21.0. The number of fused-ring (bicyclic) bond motifs is 4. The average molecular weight is 737 g/mol. The molecular weight excluding hydrogens is 677 g/mol. The lowest BCUT2D eigenvalue weighted by Crippen LogP contribution is -2.42. The van der Waals surface area contributed by atoms with Gasteiger partial charge in [0, 0.05) is 17.2 Å². The molecule has 2 unspecified atom stereocenters. The Labute approximate surface area is 336 Å². The zero-order chi connectivity index (χ0) is 40.0. The lowest BCUT2D eigenvalue weighted by Gasteiger charge is -2.46. The first kappa shape index (κ1) is 37.0. The summed E-state index contributed by atoms with van der Waals surface area (Å²) in [5, 5.41) is 0. The van der Waals surface area contributed by atoms with Crippen LogP contribution in [0.5, 0.6) is 0 Å². The zero-order valence-corrected chi connectivity index (χ0v) is 36.0. The topological polar surface area (TPSA) is 25.8 Å². The van der Waals surface area contributed by atoms with Crippen LogP contribution < -0.4 is 0 Å². The van der Waals surface area contributed by atoms with Gasteiger partial charge in [0.05, 0.1) is 17.1 Å². The van der Waals surface area contributed by atoms with E-state index in [0.717, 1.165) is 22.8 Å². The van der Waals surface area contributed by atoms with Gasteiger partial charge >= 0.3 is 0 Å². The molecule has 56 heavy (non-hydrogen) atoms. The number of aromatic nitrogens is 2. The maximum Gasteiger partial charge on any atom is 0.106 e. The van der Waals surface area contributed by atoms with Crippen molar-refractivity contribution in [3.05, 3.63) is 166 Å². The van der Waals surface area contributed by atoms with Crippen LogP contribution in [0.15, 0.2) is 126 Å². The van der Waals surface area contributed by atoms with Gasteiger partial charge in [-0.1, -0.05) is 181 Å². The van der Waals surface area contributed by atoms with Crippen LogP contribution in [-0.4, -0.2) is 9.97 Å². The molecule has 0 aliphatic heterocycles. The van der Waals surface area contributed by atoms with Crippen molar-refractivity contribution in [2.45, 2.75) is 112 Å². The third kappa shape index (κ3) is 4.34. The second kappa shape index (κ2) is 11.5. The standard InChI is InChI=1S/C54H60N2/c1-33-35(29-31-41-47(33)51(8,9)53(12,13)49(41,4)5)44-25-19-27-46(56-44)54(38-22-16-14-20-36(38)37-21-15-17-23-39(37)54)45-26-18-24-43(55-45)34-28-30-40-42(32-34)50(6,7)52(10,11)48(40,2)3/h14-33,35H,1-13H3. The fourth-order valence-corrected chi connectivity index (χ4v) is 11.9. The van der Waals surface area contributed by atoms with E-state index < -0.39 is 5.41 Å². The number of pyridine rings is 2. The van der Waals surface area contributed by atoms with Gasteiger partial charge in [0.25, 0.3) is 0 Å². The van der Waals surface area contributed by atoms with Crippen molar-refractivity contribution >= 4 is 0 Å². The van der Waals surface area contributed by atoms with E-state index in [2.05, 4.69) is 205 Å². The van der Waals surface area contributed by atoms with Crippen molar-refractivity contribution in [3.8, 4) is 22.4 Å². The number of nitrogens with zero attached hydrogens (tertiary/aromatic N) is 2. The summed E-state index contributed by atoms with van der Waals surface area (Å²) >= 11 is 0. The van der Waals surface area contributed by atoms with Gasteiger partial charge in [0.1, 0.15) is 5.41 Å². The summed E-state index contributed by atoms with van der Waals surface area (Å²) in [7, 11) is 0. The van der Waals surface area contributed by atoms with Crippen molar-refractivity contribution in [3.63, 3.8) is 0 Å². The first-order valence-corrected chi connectivity index (χ1v) is 21.0. The second-order valence-electron chi connectivity index (χ2n) is 20.7. The van der Waals surface area contributed by atoms with Crippen LogP contribution in [0.4, 0.5) is 0 Å². The Morgan fingerprint density at radius 1 is 0.482 bits per heavy atom. The second-order valence-corrected chi connectivity index (χ2v) is 20.7. The van der Waals surface area contributed by atoms with Gasteiger partial charge in [-0.15, -0.1) is 0 Å². The molecule has 0 bridgehead atoms. The van der Waals surface area contributed by atoms with Gasteiger partial charge in [0.15, 0.2) is 0 Å². The summed E-state index contributed by atoms with van der Waals surface area (Å²) in [5.41, 5.74) is 16.0. The van der Waals surface area contributed by atoms with Crippen molar-refractivity contribution < 1.29 is 0 Å². The summed E-state index contributed by atoms with van der Waals surface area (Å²) in [6, 6.07) is 38.4. The number of hydrogen-bond donors (Lipinski definition) is 0. The van der Waals surface area contributed by atoms with Crippen LogP contribution in [0.3, 0.4) is 0 Å². The van der Waals surface area contributed by atoms with E-state index in [0.29, 0.717) is 5.92 Å². The molecule has 3 aromatic carbocycles. The predicted molar refractivity (Wildman–Crippen MR) is 234 cm³/mol. The van der Waals surface area contributed by atoms with Gasteiger partial charge < -0.3 is 0 Å². The first-order chi connectivity index (χ1) is 26.2. The van der Waals surface area contributed by atoms with Crippen molar-refractivity contribution in [2.24, 2.45) is 27.6 Å². The lowest BCUT2D eigenvalue weighted by atomic mass is 9.57. The van der Waals surface area contributed by atoms with E-state index in [1.807, 2.05) is 0 Å². The summed E-state index contributed by atoms with van der Waals surface area (Å²) < 4.78 is 0. The van der Waals surface area contributed by atoms with Gasteiger partial charge in [0.2, 0.25) is 0 Å². The Hall–Kier alpha value is -4.56. The van der Waals surface area contributed by atoms with Crippen LogP contribution in [0.1, 0.15) is 135 Å². The average Bonchev–Trinajstić information content (AvgIpc) is 3.57. The van der Waals surface area contributed by atoms with E-state index in [4.69, 9.17) is 9.97 Å². The van der Waals surface area contributed by atoms with E-state index in [1.54, 1.807) is 5.57 Å². The molecule has 2 nitrogen and oxygen atoms in total. The zero-order valence-electron chi connectivity index (χ0n) is 36.0. The highest BCUT2D eigenvalue weighted by Crippen LogP contribution is 2.69. The molecule has 0 saturated heterocycles. The van der Waals surface area contributed by atoms with Gasteiger partial charge in [-0.05, 0) is 108 Å². The Bertz CT molecular complexity index is 2470. The molecular formula is C54H60N2. The fourth-order valence-electron chi connectivity index (χ4n) is 11.9. The third-order valence-corrected chi connectivity index (χ3v) is 17.6. The number of allylic oxidation sites excluding steroid dienone is 4. The molecule has 4 aliphatic rings. The van der Waals surface area contributed by atoms with E-state index in [-0.39, 0.29) is 38.4 Å². The van der Waals surface area contributed by atoms with E-state index in [9.17, 15) is 0 Å². The third-order valence-electron chi connectivity index (χ3n) is 17.6. The van der Waals surface area contributed by atoms with Gasteiger partial charge in [-0.25, -0.2) is 0 Å². The molecule has 9 rings (SSSR count). The molecule has 0 saturated carbocycles. The minimum atomic E-state index is -0.693. The number of hydrogen-bond acceptors (Lipinski definition) is 2. The Morgan fingerprint density at radius 2 is 1.04 bits per heavy atom. The predicted octanol–water partition coefficient (Wildman–Crippen LogP) is 13.8. The molecule has 0 radical (unpaired) electrons. The quantitative estimate of drug-likeness (QED) is 0.180. The largest absolute Gasteiger partial charge is 0.255 e. The van der Waals surface area contributed by atoms with Crippen molar-refractivity contribution in [2.75, 3.05) is 0 Å². The molecule has 0 fully saturated rings. The SMILES string of the molecule is CC1C2=C(C=CC1c1cccc(C3(c4cccc(-c5ccc6c(c5)C(C)(C)C(C)(C)C6(C)C)n4)c4ccccc4-c4ccccc43)n1)C(C)(C)C(C)(C)C2(C)C. The molecule has 0 N–H and O–H groups in total. The molecule has 5 aromatic rings. The Kier molecular flexibility index (Phi) is 7.62. The van der Waals surface area contributed by atoms with Gasteiger partial charge in [-0.2, -0.15) is 0 Å². The Morgan fingerprint density at radius 3 is 1.68 bits per heavy atom. The molecule has 2 heterocycles. The molecule has 2 atom stereocenters. The Balaban J connectivity index is 1.23. The molecule has 0 amide bonds. The van der Waals surface area contributed by atoms with E-state index >= 15 is 0 Å². The summed E-state index contributed by atoms with van der Waals surface area (Å²) in [6.45, 7) is 31.7. The minimum Gasteiger partial charge on any atom is -0.255 e. The van der Waals surface area contributed by atoms with Gasteiger partial charge in [-0.3, -0.25) is 9.97 Å². The summed E-state index contributed by atoms with van der Waals surface area (Å²) in [6.07, 6.45) is 4.90. The monoisotopic (exact) mass is 736 g/mol. The summed E-state index contributed by atoms with van der Waals surface area (Å²) in [4.78, 5) is 11.5. The van der Waals surface area contributed by atoms with Crippen LogP contribution in [0.2, 0.25) is 0 Å². The van der Waals surface area contributed by atoms with Crippen molar-refractivity contribution in [1.29, 1.82) is 0 Å². The van der Waals surface area contributed by atoms with Crippen LogP contribution in [0, 0.1) is 27.6 Å². The molecule has 2 heteroatoms. The van der Waals surface area contributed by atoms with Crippen molar-refractivity contribution in [1.82, 2.24) is 9.97 Å². The highest BCUT2D eigenvalue weighted by atomic mass is 14.8. The summed E-state index contributed by atoms with van der Waals surface area (Å²) in [5.74, 6) is 0.498. The smallest absolute Gasteiger partial charge is 0.106 e. The molecule has 2 aromatic heterocycles. The van der Waals surface area contributed by atoms with Crippen LogP contribution in [0.25, 0.3) is 22.4 Å². The highest BCUT2D eigenvalue weighted by Gasteiger charge is 2.60. The maximum atomic E-state index is 5.80. The number of benzene rings is 3. The minimum absolute atomic E-state index is 0.00902. The van der Waals surface area contributed by atoms with Crippen LogP contribution >= 0.6 is 0 Å². The normalized spacial score (nSPS) is 24.7.